The molecule has 0 fully saturated rings. The molecule has 0 unspecified atom stereocenters. The highest BCUT2D eigenvalue weighted by atomic mass is 35.5. The maximum absolute atomic E-state index is 12.1. The molecule has 2 N–H and O–H groups in total. The molecule has 4 rings (SSSR count). The van der Waals surface area contributed by atoms with E-state index in [4.69, 9.17) is 16.1 Å². The maximum atomic E-state index is 12.1. The Morgan fingerprint density at radius 2 is 1.96 bits per heavy atom. The number of hydrogen-bond donors (Lipinski definition) is 2. The lowest BCUT2D eigenvalue weighted by Crippen LogP contribution is -2.21. The molecule has 28 heavy (non-hydrogen) atoms. The number of thiophene rings is 1. The van der Waals surface area contributed by atoms with Gasteiger partial charge in [0.05, 0.1) is 27.6 Å². The van der Waals surface area contributed by atoms with E-state index in [0.717, 1.165) is 16.9 Å². The minimum atomic E-state index is -0.194. The number of benzene rings is 1. The van der Waals surface area contributed by atoms with E-state index in [9.17, 15) is 4.79 Å². The predicted molar refractivity (Wildman–Crippen MR) is 110 cm³/mol. The Morgan fingerprint density at radius 3 is 2.68 bits per heavy atom. The number of carbonyl (C=O) groups excluding carboxylic acids is 1. The zero-order valence-corrected chi connectivity index (χ0v) is 16.1. The van der Waals surface area contributed by atoms with Crippen LogP contribution in [-0.2, 0) is 6.54 Å². The number of rotatable bonds is 6. The smallest absolute Gasteiger partial charge is 0.261 e. The van der Waals surface area contributed by atoms with E-state index in [0.29, 0.717) is 20.7 Å². The van der Waals surface area contributed by atoms with Crippen LogP contribution in [0.25, 0.3) is 11.3 Å². The number of pyridine rings is 1. The van der Waals surface area contributed by atoms with Gasteiger partial charge >= 0.3 is 0 Å². The SMILES string of the molecule is O=C(NCc1cc(-c2ccc(Nc3cccnc3)cc2)no1)c1ccc(Cl)s1. The van der Waals surface area contributed by atoms with Crippen LogP contribution in [-0.4, -0.2) is 16.0 Å². The van der Waals surface area contributed by atoms with Gasteiger partial charge in [-0.25, -0.2) is 0 Å². The van der Waals surface area contributed by atoms with Gasteiger partial charge in [0.2, 0.25) is 0 Å². The van der Waals surface area contributed by atoms with E-state index in [2.05, 4.69) is 20.8 Å². The number of nitrogens with one attached hydrogen (secondary N) is 2. The van der Waals surface area contributed by atoms with E-state index < -0.39 is 0 Å². The van der Waals surface area contributed by atoms with Crippen LogP contribution < -0.4 is 10.6 Å². The molecule has 3 aromatic heterocycles. The fraction of sp³-hybridized carbons (Fsp3) is 0.0500. The summed E-state index contributed by atoms with van der Waals surface area (Å²) in [5, 5.41) is 10.1. The van der Waals surface area contributed by atoms with E-state index in [1.54, 1.807) is 24.5 Å². The van der Waals surface area contributed by atoms with Crippen molar-refractivity contribution < 1.29 is 9.32 Å². The summed E-state index contributed by atoms with van der Waals surface area (Å²) in [6.07, 6.45) is 3.49. The Hall–Kier alpha value is -3.16. The number of anilines is 2. The van der Waals surface area contributed by atoms with Crippen molar-refractivity contribution in [1.29, 1.82) is 0 Å². The summed E-state index contributed by atoms with van der Waals surface area (Å²) in [6, 6.07) is 16.8. The first-order chi connectivity index (χ1) is 13.7. The standard InChI is InChI=1S/C20H15ClN4O2S/c21-19-8-7-18(28-19)20(26)23-12-16-10-17(25-27-16)13-3-5-14(6-4-13)24-15-2-1-9-22-11-15/h1-11,24H,12H2,(H,23,26). The van der Waals surface area contributed by atoms with Crippen molar-refractivity contribution in [3.63, 3.8) is 0 Å². The van der Waals surface area contributed by atoms with Gasteiger partial charge in [0.15, 0.2) is 5.76 Å². The van der Waals surface area contributed by atoms with Crippen LogP contribution in [0.5, 0.6) is 0 Å². The van der Waals surface area contributed by atoms with Crippen molar-refractivity contribution in [1.82, 2.24) is 15.5 Å². The molecule has 0 saturated carbocycles. The molecular formula is C20H15ClN4O2S. The third-order valence-corrected chi connectivity index (χ3v) is 5.14. The minimum Gasteiger partial charge on any atom is -0.359 e. The van der Waals surface area contributed by atoms with Crippen LogP contribution >= 0.6 is 22.9 Å². The molecule has 3 heterocycles. The van der Waals surface area contributed by atoms with Crippen molar-refractivity contribution in [2.45, 2.75) is 6.54 Å². The highest BCUT2D eigenvalue weighted by Gasteiger charge is 2.11. The molecule has 6 nitrogen and oxygen atoms in total. The average molecular weight is 411 g/mol. The lowest BCUT2D eigenvalue weighted by Gasteiger charge is -2.05. The summed E-state index contributed by atoms with van der Waals surface area (Å²) in [5.74, 6) is 0.379. The topological polar surface area (TPSA) is 80.0 Å². The van der Waals surface area contributed by atoms with Crippen molar-refractivity contribution >= 4 is 40.2 Å². The molecule has 1 aromatic carbocycles. The Labute approximate surface area is 170 Å². The summed E-state index contributed by atoms with van der Waals surface area (Å²) in [4.78, 5) is 16.7. The lowest BCUT2D eigenvalue weighted by molar-refractivity contribution is 0.0951. The average Bonchev–Trinajstić information content (AvgIpc) is 3.37. The van der Waals surface area contributed by atoms with Crippen LogP contribution in [0.4, 0.5) is 11.4 Å². The van der Waals surface area contributed by atoms with Gasteiger partial charge in [-0.15, -0.1) is 11.3 Å². The molecule has 0 radical (unpaired) electrons. The lowest BCUT2D eigenvalue weighted by atomic mass is 10.1. The number of amides is 1. The van der Waals surface area contributed by atoms with Gasteiger partial charge in [0.1, 0.15) is 5.69 Å². The molecule has 0 atom stereocenters. The second-order valence-electron chi connectivity index (χ2n) is 5.91. The first kappa shape index (κ1) is 18.2. The molecule has 0 saturated heterocycles. The third-order valence-electron chi connectivity index (χ3n) is 3.91. The van der Waals surface area contributed by atoms with Gasteiger partial charge in [-0.1, -0.05) is 28.9 Å². The van der Waals surface area contributed by atoms with Crippen molar-refractivity contribution in [2.75, 3.05) is 5.32 Å². The number of carbonyl (C=O) groups is 1. The monoisotopic (exact) mass is 410 g/mol. The van der Waals surface area contributed by atoms with Crippen LogP contribution in [0.15, 0.2) is 71.5 Å². The summed E-state index contributed by atoms with van der Waals surface area (Å²) < 4.78 is 5.90. The highest BCUT2D eigenvalue weighted by molar-refractivity contribution is 7.17. The van der Waals surface area contributed by atoms with Crippen molar-refractivity contribution in [3.05, 3.63) is 82.0 Å². The van der Waals surface area contributed by atoms with Gasteiger partial charge in [-0.2, -0.15) is 0 Å². The van der Waals surface area contributed by atoms with Crippen LogP contribution in [0, 0.1) is 0 Å². The molecule has 0 aliphatic heterocycles. The predicted octanol–water partition coefficient (Wildman–Crippen LogP) is 5.13. The van der Waals surface area contributed by atoms with Gasteiger partial charge in [0, 0.05) is 23.5 Å². The van der Waals surface area contributed by atoms with Crippen LogP contribution in [0.3, 0.4) is 0 Å². The molecule has 4 aromatic rings. The number of halogens is 1. The Bertz CT molecular complexity index is 1080. The molecule has 140 valence electrons. The quantitative estimate of drug-likeness (QED) is 0.461. The van der Waals surface area contributed by atoms with Gasteiger partial charge in [-0.05, 0) is 36.4 Å². The largest absolute Gasteiger partial charge is 0.359 e. The van der Waals surface area contributed by atoms with Crippen LogP contribution in [0.1, 0.15) is 15.4 Å². The van der Waals surface area contributed by atoms with Gasteiger partial charge < -0.3 is 15.2 Å². The molecule has 8 heteroatoms. The summed E-state index contributed by atoms with van der Waals surface area (Å²) in [7, 11) is 0. The Balaban J connectivity index is 1.37. The first-order valence-electron chi connectivity index (χ1n) is 8.44. The summed E-state index contributed by atoms with van der Waals surface area (Å²) >= 11 is 7.08. The fourth-order valence-corrected chi connectivity index (χ4v) is 3.51. The van der Waals surface area contributed by atoms with Crippen molar-refractivity contribution in [2.24, 2.45) is 0 Å². The Morgan fingerprint density at radius 1 is 1.11 bits per heavy atom. The summed E-state index contributed by atoms with van der Waals surface area (Å²) in [5.41, 5.74) is 3.49. The molecule has 0 aliphatic carbocycles. The second-order valence-corrected chi connectivity index (χ2v) is 7.62. The fourth-order valence-electron chi connectivity index (χ4n) is 2.55. The van der Waals surface area contributed by atoms with E-state index in [1.165, 1.54) is 11.3 Å². The molecular weight excluding hydrogens is 396 g/mol. The highest BCUT2D eigenvalue weighted by Crippen LogP contribution is 2.24. The molecule has 0 bridgehead atoms. The normalized spacial score (nSPS) is 10.6. The molecule has 1 amide bonds. The first-order valence-corrected chi connectivity index (χ1v) is 9.63. The minimum absolute atomic E-state index is 0.194. The Kier molecular flexibility index (Phi) is 5.36. The van der Waals surface area contributed by atoms with Crippen LogP contribution in [0.2, 0.25) is 4.34 Å². The zero-order chi connectivity index (χ0) is 19.3. The molecule has 0 spiro atoms. The zero-order valence-electron chi connectivity index (χ0n) is 14.6. The van der Waals surface area contributed by atoms with E-state index in [1.807, 2.05) is 42.5 Å². The molecule has 0 aliphatic rings. The summed E-state index contributed by atoms with van der Waals surface area (Å²) in [6.45, 7) is 0.252. The number of hydrogen-bond acceptors (Lipinski definition) is 6. The van der Waals surface area contributed by atoms with Gasteiger partial charge in [0.25, 0.3) is 5.91 Å². The maximum Gasteiger partial charge on any atom is 0.261 e. The third kappa shape index (κ3) is 4.39. The van der Waals surface area contributed by atoms with Crippen molar-refractivity contribution in [3.8, 4) is 11.3 Å². The van der Waals surface area contributed by atoms with E-state index >= 15 is 0 Å². The number of aromatic nitrogens is 2. The van der Waals surface area contributed by atoms with Gasteiger partial charge in [-0.3, -0.25) is 9.78 Å². The van der Waals surface area contributed by atoms with E-state index in [-0.39, 0.29) is 12.5 Å². The number of nitrogens with zero attached hydrogens (tertiary/aromatic N) is 2. The second kappa shape index (κ2) is 8.24.